The fraction of sp³-hybridized carbons (Fsp3) is 0.238. The summed E-state index contributed by atoms with van der Waals surface area (Å²) in [5.74, 6) is -1.07. The molecule has 1 aliphatic heterocycles. The number of fused-ring (bicyclic) bond motifs is 1. The average Bonchev–Trinajstić information content (AvgIpc) is 3.11. The molecule has 1 aliphatic rings. The number of benzene rings is 2. The molecule has 1 fully saturated rings. The third-order valence-electron chi connectivity index (χ3n) is 4.99. The number of nitrogens with zero attached hydrogens (tertiary/aromatic N) is 2. The second-order valence-corrected chi connectivity index (χ2v) is 6.89. The van der Waals surface area contributed by atoms with Gasteiger partial charge in [0.15, 0.2) is 0 Å². The van der Waals surface area contributed by atoms with Gasteiger partial charge in [0, 0.05) is 24.0 Å². The molecule has 1 aromatic heterocycles. The number of aryl methyl sites for hydroxylation is 1. The zero-order chi connectivity index (χ0) is 21.3. The molecule has 30 heavy (non-hydrogen) atoms. The van der Waals surface area contributed by atoms with Crippen molar-refractivity contribution in [3.05, 3.63) is 69.5 Å². The molecule has 2 aromatic carbocycles. The number of carbonyl (C=O) groups excluding carboxylic acids is 2. The summed E-state index contributed by atoms with van der Waals surface area (Å²) >= 11 is 0. The lowest BCUT2D eigenvalue weighted by atomic mass is 10.1. The van der Waals surface area contributed by atoms with Crippen molar-refractivity contribution in [2.24, 2.45) is 0 Å². The number of amides is 2. The van der Waals surface area contributed by atoms with Gasteiger partial charge < -0.3 is 19.4 Å². The molecule has 0 saturated carbocycles. The summed E-state index contributed by atoms with van der Waals surface area (Å²) in [5.41, 5.74) is 0.638. The second kappa shape index (κ2) is 7.96. The highest BCUT2D eigenvalue weighted by atomic mass is 16.6. The van der Waals surface area contributed by atoms with E-state index in [2.05, 4.69) is 5.32 Å². The summed E-state index contributed by atoms with van der Waals surface area (Å²) in [7, 11) is 0. The van der Waals surface area contributed by atoms with Crippen molar-refractivity contribution in [3.8, 4) is 0 Å². The Morgan fingerprint density at radius 2 is 1.83 bits per heavy atom. The first-order valence-corrected chi connectivity index (χ1v) is 9.41. The van der Waals surface area contributed by atoms with Crippen molar-refractivity contribution >= 4 is 34.2 Å². The Morgan fingerprint density at radius 1 is 1.10 bits per heavy atom. The molecule has 2 heterocycles. The predicted octanol–water partition coefficient (Wildman–Crippen LogP) is 3.37. The number of morpholine rings is 1. The quantitative estimate of drug-likeness (QED) is 0.522. The molecule has 4 rings (SSSR count). The highest BCUT2D eigenvalue weighted by Crippen LogP contribution is 2.33. The van der Waals surface area contributed by atoms with Crippen molar-refractivity contribution in [1.29, 1.82) is 0 Å². The van der Waals surface area contributed by atoms with Gasteiger partial charge in [-0.25, -0.2) is 0 Å². The van der Waals surface area contributed by atoms with Gasteiger partial charge in [0.1, 0.15) is 16.8 Å². The van der Waals surface area contributed by atoms with Gasteiger partial charge in [0.2, 0.25) is 5.76 Å². The van der Waals surface area contributed by atoms with Crippen molar-refractivity contribution in [1.82, 2.24) is 4.90 Å². The Balaban J connectivity index is 1.76. The smallest absolute Gasteiger partial charge is 0.291 e. The molecule has 0 radical (unpaired) electrons. The van der Waals surface area contributed by atoms with Gasteiger partial charge in [-0.15, -0.1) is 0 Å². The molecule has 0 atom stereocenters. The summed E-state index contributed by atoms with van der Waals surface area (Å²) in [5, 5.41) is 14.7. The van der Waals surface area contributed by atoms with E-state index in [1.54, 1.807) is 48.2 Å². The first-order valence-electron chi connectivity index (χ1n) is 9.41. The summed E-state index contributed by atoms with van der Waals surface area (Å²) in [6.07, 6.45) is 0. The van der Waals surface area contributed by atoms with E-state index in [1.165, 1.54) is 6.07 Å². The fourth-order valence-corrected chi connectivity index (χ4v) is 3.50. The summed E-state index contributed by atoms with van der Waals surface area (Å²) in [4.78, 5) is 38.5. The largest absolute Gasteiger partial charge is 0.449 e. The average molecular weight is 409 g/mol. The molecule has 0 spiro atoms. The van der Waals surface area contributed by atoms with E-state index in [-0.39, 0.29) is 28.6 Å². The van der Waals surface area contributed by atoms with E-state index in [4.69, 9.17) is 9.15 Å². The maximum Gasteiger partial charge on any atom is 0.291 e. The van der Waals surface area contributed by atoms with Crippen LogP contribution in [0.2, 0.25) is 0 Å². The van der Waals surface area contributed by atoms with Gasteiger partial charge in [-0.2, -0.15) is 0 Å². The molecular formula is C21H19N3O6. The minimum atomic E-state index is -0.687. The Morgan fingerprint density at radius 3 is 2.57 bits per heavy atom. The first-order chi connectivity index (χ1) is 14.5. The maximum atomic E-state index is 13.1. The minimum Gasteiger partial charge on any atom is -0.449 e. The van der Waals surface area contributed by atoms with Crippen LogP contribution in [0.15, 0.2) is 46.9 Å². The lowest BCUT2D eigenvalue weighted by Gasteiger charge is -2.26. The molecule has 3 aromatic rings. The predicted molar refractivity (Wildman–Crippen MR) is 109 cm³/mol. The van der Waals surface area contributed by atoms with Crippen LogP contribution in [0.5, 0.6) is 0 Å². The molecule has 0 bridgehead atoms. The van der Waals surface area contributed by atoms with Crippen LogP contribution in [0.1, 0.15) is 26.5 Å². The maximum absolute atomic E-state index is 13.1. The number of hydrogen-bond donors (Lipinski definition) is 1. The molecule has 9 nitrogen and oxygen atoms in total. The van der Waals surface area contributed by atoms with Gasteiger partial charge >= 0.3 is 0 Å². The third-order valence-corrected chi connectivity index (χ3v) is 4.99. The van der Waals surface area contributed by atoms with E-state index in [9.17, 15) is 19.7 Å². The lowest BCUT2D eigenvalue weighted by Crippen LogP contribution is -2.40. The zero-order valence-corrected chi connectivity index (χ0v) is 16.2. The lowest BCUT2D eigenvalue weighted by molar-refractivity contribution is -0.385. The SMILES string of the molecule is Cc1cccc(C(=O)Nc2c(C(=O)N3CCOCC3)oc3ccccc23)c1[N+](=O)[O-]. The number of hydrogen-bond acceptors (Lipinski definition) is 6. The van der Waals surface area contributed by atoms with Gasteiger partial charge in [0.25, 0.3) is 17.5 Å². The monoisotopic (exact) mass is 409 g/mol. The minimum absolute atomic E-state index is 0.0123. The molecule has 1 saturated heterocycles. The zero-order valence-electron chi connectivity index (χ0n) is 16.2. The molecule has 9 heteroatoms. The van der Waals surface area contributed by atoms with Crippen LogP contribution in [0, 0.1) is 17.0 Å². The highest BCUT2D eigenvalue weighted by Gasteiger charge is 2.29. The van der Waals surface area contributed by atoms with Crippen molar-refractivity contribution < 1.29 is 23.7 Å². The van der Waals surface area contributed by atoms with E-state index in [0.29, 0.717) is 42.8 Å². The number of furan rings is 1. The molecule has 0 unspecified atom stereocenters. The fourth-order valence-electron chi connectivity index (χ4n) is 3.50. The Hall–Kier alpha value is -3.72. The molecule has 2 amide bonds. The van der Waals surface area contributed by atoms with Crippen LogP contribution in [0.25, 0.3) is 11.0 Å². The molecule has 1 N–H and O–H groups in total. The van der Waals surface area contributed by atoms with E-state index in [1.807, 2.05) is 0 Å². The number of ether oxygens (including phenoxy) is 1. The summed E-state index contributed by atoms with van der Waals surface area (Å²) in [6.45, 7) is 3.22. The number of carbonyl (C=O) groups is 2. The van der Waals surface area contributed by atoms with Crippen LogP contribution in [0.4, 0.5) is 11.4 Å². The second-order valence-electron chi connectivity index (χ2n) is 6.89. The van der Waals surface area contributed by atoms with Crippen molar-refractivity contribution in [2.45, 2.75) is 6.92 Å². The number of nitro groups is 1. The molecule has 0 aliphatic carbocycles. The number of rotatable bonds is 4. The topological polar surface area (TPSA) is 115 Å². The number of para-hydroxylation sites is 2. The summed E-state index contributed by atoms with van der Waals surface area (Å²) in [6, 6.07) is 11.4. The van der Waals surface area contributed by atoms with Gasteiger partial charge in [-0.05, 0) is 25.1 Å². The van der Waals surface area contributed by atoms with Crippen LogP contribution >= 0.6 is 0 Å². The van der Waals surface area contributed by atoms with Gasteiger partial charge in [-0.3, -0.25) is 19.7 Å². The Labute approximate surface area is 171 Å². The van der Waals surface area contributed by atoms with Crippen LogP contribution in [-0.2, 0) is 4.74 Å². The third kappa shape index (κ3) is 3.50. The first kappa shape index (κ1) is 19.6. The van der Waals surface area contributed by atoms with Gasteiger partial charge in [0.05, 0.1) is 18.1 Å². The Kier molecular flexibility index (Phi) is 5.20. The van der Waals surface area contributed by atoms with Gasteiger partial charge in [-0.1, -0.05) is 24.3 Å². The number of nitro benzene ring substituents is 1. The van der Waals surface area contributed by atoms with E-state index >= 15 is 0 Å². The number of anilines is 1. The standard InChI is InChI=1S/C21H19N3O6/c1-13-5-4-7-15(18(13)24(27)28)20(25)22-17-14-6-2-3-8-16(14)30-19(17)21(26)23-9-11-29-12-10-23/h2-8H,9-12H2,1H3,(H,22,25). The van der Waals surface area contributed by atoms with Crippen LogP contribution in [-0.4, -0.2) is 47.9 Å². The molecular weight excluding hydrogens is 390 g/mol. The molecule has 154 valence electrons. The van der Waals surface area contributed by atoms with E-state index in [0.717, 1.165) is 0 Å². The summed E-state index contributed by atoms with van der Waals surface area (Å²) < 4.78 is 11.1. The normalized spacial score (nSPS) is 14.0. The van der Waals surface area contributed by atoms with Crippen molar-refractivity contribution in [3.63, 3.8) is 0 Å². The highest BCUT2D eigenvalue weighted by molar-refractivity contribution is 6.15. The number of nitrogens with one attached hydrogen (secondary N) is 1. The van der Waals surface area contributed by atoms with Crippen LogP contribution < -0.4 is 5.32 Å². The Bertz CT molecular complexity index is 1150. The van der Waals surface area contributed by atoms with Crippen molar-refractivity contribution in [2.75, 3.05) is 31.6 Å². The van der Waals surface area contributed by atoms with E-state index < -0.39 is 10.8 Å². The van der Waals surface area contributed by atoms with Crippen LogP contribution in [0.3, 0.4) is 0 Å².